The van der Waals surface area contributed by atoms with Crippen molar-refractivity contribution in [2.75, 3.05) is 40.5 Å². The van der Waals surface area contributed by atoms with Gasteiger partial charge in [0.2, 0.25) is 5.91 Å². The molecular formula is C16H23FN2O4. The monoisotopic (exact) mass is 326 g/mol. The van der Waals surface area contributed by atoms with Crippen LogP contribution in [0.15, 0.2) is 18.2 Å². The van der Waals surface area contributed by atoms with E-state index in [2.05, 4.69) is 0 Å². The molecule has 23 heavy (non-hydrogen) atoms. The summed E-state index contributed by atoms with van der Waals surface area (Å²) in [5.74, 6) is -0.596. The zero-order valence-corrected chi connectivity index (χ0v) is 13.5. The zero-order valence-electron chi connectivity index (χ0n) is 13.5. The van der Waals surface area contributed by atoms with Crippen LogP contribution in [0.1, 0.15) is 12.0 Å². The first-order chi connectivity index (χ1) is 11.0. The van der Waals surface area contributed by atoms with E-state index < -0.39 is 11.5 Å². The van der Waals surface area contributed by atoms with E-state index >= 15 is 0 Å². The third kappa shape index (κ3) is 4.40. The minimum Gasteiger partial charge on any atom is -0.494 e. The summed E-state index contributed by atoms with van der Waals surface area (Å²) < 4.78 is 30.3. The number of hydrogen-bond donors (Lipinski definition) is 1. The Morgan fingerprint density at radius 1 is 1.48 bits per heavy atom. The smallest absolute Gasteiger partial charge is 0.220 e. The number of rotatable bonds is 7. The minimum atomic E-state index is -0.784. The fraction of sp³-hybridized carbons (Fsp3) is 0.562. The third-order valence-electron chi connectivity index (χ3n) is 3.89. The number of carbonyl (C=O) groups excluding carboxylic acids is 1. The van der Waals surface area contributed by atoms with E-state index in [9.17, 15) is 9.18 Å². The molecule has 1 aliphatic rings. The molecule has 2 rings (SSSR count). The van der Waals surface area contributed by atoms with Crippen molar-refractivity contribution in [1.82, 2.24) is 4.90 Å². The number of hydrogen-bond acceptors (Lipinski definition) is 5. The molecule has 1 heterocycles. The maximum atomic E-state index is 14.3. The highest BCUT2D eigenvalue weighted by Crippen LogP contribution is 2.26. The number of methoxy groups -OCH3 is 2. The number of primary amides is 1. The van der Waals surface area contributed by atoms with Crippen LogP contribution in [-0.2, 0) is 20.8 Å². The van der Waals surface area contributed by atoms with Gasteiger partial charge in [-0.2, -0.15) is 0 Å². The predicted molar refractivity (Wildman–Crippen MR) is 82.6 cm³/mol. The van der Waals surface area contributed by atoms with Crippen LogP contribution in [0.4, 0.5) is 4.39 Å². The first-order valence-corrected chi connectivity index (χ1v) is 7.44. The molecule has 2 N–H and O–H groups in total. The fourth-order valence-corrected chi connectivity index (χ4v) is 2.96. The summed E-state index contributed by atoms with van der Waals surface area (Å²) in [6.45, 7) is 2.17. The Morgan fingerprint density at radius 2 is 2.26 bits per heavy atom. The summed E-state index contributed by atoms with van der Waals surface area (Å²) >= 11 is 0. The van der Waals surface area contributed by atoms with E-state index in [1.54, 1.807) is 25.3 Å². The van der Waals surface area contributed by atoms with Crippen molar-refractivity contribution < 1.29 is 23.4 Å². The lowest BCUT2D eigenvalue weighted by Gasteiger charge is -2.41. The topological polar surface area (TPSA) is 74.0 Å². The first kappa shape index (κ1) is 17.7. The van der Waals surface area contributed by atoms with Gasteiger partial charge in [0, 0.05) is 32.3 Å². The first-order valence-electron chi connectivity index (χ1n) is 7.44. The second-order valence-corrected chi connectivity index (χ2v) is 5.75. The maximum absolute atomic E-state index is 14.3. The molecule has 128 valence electrons. The van der Waals surface area contributed by atoms with Crippen LogP contribution in [-0.4, -0.2) is 56.9 Å². The molecule has 0 aliphatic carbocycles. The van der Waals surface area contributed by atoms with Gasteiger partial charge in [-0.25, -0.2) is 4.39 Å². The Kier molecular flexibility index (Phi) is 5.92. The summed E-state index contributed by atoms with van der Waals surface area (Å²) in [5, 5.41) is 0. The van der Waals surface area contributed by atoms with Gasteiger partial charge in [-0.05, 0) is 6.07 Å². The Balaban J connectivity index is 2.13. The molecule has 1 atom stereocenters. The average molecular weight is 326 g/mol. The molecule has 1 saturated heterocycles. The van der Waals surface area contributed by atoms with Crippen molar-refractivity contribution in [3.63, 3.8) is 0 Å². The molecule has 7 heteroatoms. The van der Waals surface area contributed by atoms with Crippen molar-refractivity contribution in [2.45, 2.75) is 18.6 Å². The van der Waals surface area contributed by atoms with E-state index in [0.717, 1.165) is 0 Å². The molecule has 1 fully saturated rings. The third-order valence-corrected chi connectivity index (χ3v) is 3.89. The number of nitrogens with zero attached hydrogens (tertiary/aromatic N) is 1. The van der Waals surface area contributed by atoms with Gasteiger partial charge in [0.25, 0.3) is 0 Å². The zero-order chi connectivity index (χ0) is 16.9. The van der Waals surface area contributed by atoms with Crippen LogP contribution in [0.3, 0.4) is 0 Å². The molecule has 6 nitrogen and oxygen atoms in total. The minimum absolute atomic E-state index is 0.0674. The predicted octanol–water partition coefficient (Wildman–Crippen LogP) is 0.927. The van der Waals surface area contributed by atoms with Crippen LogP contribution in [0, 0.1) is 5.82 Å². The molecule has 0 bridgehead atoms. The second kappa shape index (κ2) is 7.72. The summed E-state index contributed by atoms with van der Waals surface area (Å²) in [6, 6.07) is 5.06. The quantitative estimate of drug-likeness (QED) is 0.807. The highest BCUT2D eigenvalue weighted by atomic mass is 19.1. The van der Waals surface area contributed by atoms with Gasteiger partial charge >= 0.3 is 0 Å². The van der Waals surface area contributed by atoms with Crippen LogP contribution < -0.4 is 10.5 Å². The molecule has 1 amide bonds. The van der Waals surface area contributed by atoms with E-state index in [1.807, 2.05) is 4.90 Å². The van der Waals surface area contributed by atoms with Gasteiger partial charge < -0.3 is 19.9 Å². The maximum Gasteiger partial charge on any atom is 0.220 e. The molecule has 0 radical (unpaired) electrons. The van der Waals surface area contributed by atoms with E-state index in [4.69, 9.17) is 19.9 Å². The van der Waals surface area contributed by atoms with E-state index in [0.29, 0.717) is 31.8 Å². The van der Waals surface area contributed by atoms with Gasteiger partial charge in [0.05, 0.1) is 26.7 Å². The molecule has 1 aliphatic heterocycles. The Labute approximate surface area is 135 Å². The molecule has 1 aromatic carbocycles. The summed E-state index contributed by atoms with van der Waals surface area (Å²) in [4.78, 5) is 13.4. The normalized spacial score (nSPS) is 22.0. The van der Waals surface area contributed by atoms with Gasteiger partial charge in [0.1, 0.15) is 5.60 Å². The van der Waals surface area contributed by atoms with Crippen LogP contribution in [0.25, 0.3) is 0 Å². The van der Waals surface area contributed by atoms with Crippen molar-refractivity contribution >= 4 is 5.91 Å². The number of amides is 1. The summed E-state index contributed by atoms with van der Waals surface area (Å²) in [7, 11) is 2.99. The number of benzene rings is 1. The number of carbonyl (C=O) groups is 1. The van der Waals surface area contributed by atoms with Crippen molar-refractivity contribution in [1.29, 1.82) is 0 Å². The molecule has 0 aromatic heterocycles. The fourth-order valence-electron chi connectivity index (χ4n) is 2.96. The second-order valence-electron chi connectivity index (χ2n) is 5.75. The van der Waals surface area contributed by atoms with Crippen molar-refractivity contribution in [2.24, 2.45) is 5.73 Å². The average Bonchev–Trinajstić information content (AvgIpc) is 2.49. The SMILES string of the molecule is COCC1(CC(N)=O)CN(Cc2cccc(OC)c2F)CCO1. The Hall–Kier alpha value is -1.70. The Morgan fingerprint density at radius 3 is 2.91 bits per heavy atom. The van der Waals surface area contributed by atoms with E-state index in [-0.39, 0.29) is 24.6 Å². The molecule has 0 spiro atoms. The molecular weight excluding hydrogens is 303 g/mol. The standard InChI is InChI=1S/C16H23FN2O4/c1-21-11-16(8-14(18)20)10-19(6-7-23-16)9-12-4-3-5-13(22-2)15(12)17/h3-5H,6-11H2,1-2H3,(H2,18,20). The lowest BCUT2D eigenvalue weighted by Crippen LogP contribution is -2.55. The van der Waals surface area contributed by atoms with Gasteiger partial charge in [-0.1, -0.05) is 12.1 Å². The number of halogens is 1. The summed E-state index contributed by atoms with van der Waals surface area (Å²) in [5.41, 5.74) is 5.08. The van der Waals surface area contributed by atoms with Gasteiger partial charge in [0.15, 0.2) is 11.6 Å². The molecule has 0 saturated carbocycles. The number of ether oxygens (including phenoxy) is 3. The lowest BCUT2D eigenvalue weighted by molar-refractivity contribution is -0.154. The van der Waals surface area contributed by atoms with Crippen molar-refractivity contribution in [3.8, 4) is 5.75 Å². The van der Waals surface area contributed by atoms with Gasteiger partial charge in [-0.15, -0.1) is 0 Å². The van der Waals surface area contributed by atoms with Gasteiger partial charge in [-0.3, -0.25) is 9.69 Å². The van der Waals surface area contributed by atoms with Crippen LogP contribution in [0.2, 0.25) is 0 Å². The van der Waals surface area contributed by atoms with Crippen LogP contribution in [0.5, 0.6) is 5.75 Å². The number of morpholine rings is 1. The molecule has 1 aromatic rings. The van der Waals surface area contributed by atoms with E-state index in [1.165, 1.54) is 7.11 Å². The highest BCUT2D eigenvalue weighted by Gasteiger charge is 2.38. The van der Waals surface area contributed by atoms with Crippen molar-refractivity contribution in [3.05, 3.63) is 29.6 Å². The highest BCUT2D eigenvalue weighted by molar-refractivity contribution is 5.75. The number of nitrogens with two attached hydrogens (primary N) is 1. The van der Waals surface area contributed by atoms with Crippen LogP contribution >= 0.6 is 0 Å². The molecule has 1 unspecified atom stereocenters. The Bertz CT molecular complexity index is 551. The lowest BCUT2D eigenvalue weighted by atomic mass is 9.97. The largest absolute Gasteiger partial charge is 0.494 e. The summed E-state index contributed by atoms with van der Waals surface area (Å²) in [6.07, 6.45) is 0.0674.